The van der Waals surface area contributed by atoms with Gasteiger partial charge in [0.2, 0.25) is 0 Å². The number of nitriles is 1. The van der Waals surface area contributed by atoms with Crippen LogP contribution in [0.5, 0.6) is 0 Å². The van der Waals surface area contributed by atoms with Crippen LogP contribution in [0.3, 0.4) is 0 Å². The van der Waals surface area contributed by atoms with Crippen molar-refractivity contribution in [3.63, 3.8) is 0 Å². The lowest BCUT2D eigenvalue weighted by atomic mass is 9.78. The van der Waals surface area contributed by atoms with E-state index >= 15 is 0 Å². The molecule has 2 fully saturated rings. The van der Waals surface area contributed by atoms with Gasteiger partial charge in [0.15, 0.2) is 0 Å². The average molecular weight is 222 g/mol. The molecule has 3 heteroatoms. The van der Waals surface area contributed by atoms with Gasteiger partial charge in [0.05, 0.1) is 18.6 Å². The molecule has 0 aromatic heterocycles. The lowest BCUT2D eigenvalue weighted by Gasteiger charge is -2.39. The molecule has 4 atom stereocenters. The molecule has 0 spiro atoms. The first-order valence-electron chi connectivity index (χ1n) is 6.41. The summed E-state index contributed by atoms with van der Waals surface area (Å²) in [5, 5.41) is 9.23. The molecule has 90 valence electrons. The van der Waals surface area contributed by atoms with Crippen LogP contribution in [0.2, 0.25) is 0 Å². The van der Waals surface area contributed by atoms with E-state index in [0.29, 0.717) is 12.1 Å². The lowest BCUT2D eigenvalue weighted by Crippen LogP contribution is -2.47. The second kappa shape index (κ2) is 5.16. The normalized spacial score (nSPS) is 39.9. The molecular weight excluding hydrogens is 200 g/mol. The van der Waals surface area contributed by atoms with Gasteiger partial charge in [-0.1, -0.05) is 6.92 Å². The maximum Gasteiger partial charge on any atom is 0.0672 e. The first-order valence-corrected chi connectivity index (χ1v) is 6.41. The van der Waals surface area contributed by atoms with Gasteiger partial charge >= 0.3 is 0 Å². The molecule has 1 saturated heterocycles. The molecule has 1 aliphatic heterocycles. The Morgan fingerprint density at radius 2 is 2.12 bits per heavy atom. The van der Waals surface area contributed by atoms with E-state index in [4.69, 9.17) is 4.74 Å². The van der Waals surface area contributed by atoms with Crippen molar-refractivity contribution >= 4 is 0 Å². The molecule has 0 radical (unpaired) electrons. The van der Waals surface area contributed by atoms with E-state index < -0.39 is 0 Å². The number of likely N-dealkylation sites (N-methyl/N-ethyl adjacent to an activating group) is 1. The Morgan fingerprint density at radius 1 is 1.31 bits per heavy atom. The van der Waals surface area contributed by atoms with Crippen molar-refractivity contribution < 1.29 is 4.74 Å². The van der Waals surface area contributed by atoms with Crippen LogP contribution in [0.15, 0.2) is 0 Å². The Morgan fingerprint density at radius 3 is 2.75 bits per heavy atom. The van der Waals surface area contributed by atoms with Crippen molar-refractivity contribution in [3.05, 3.63) is 0 Å². The average Bonchev–Trinajstić information content (AvgIpc) is 2.81. The highest BCUT2D eigenvalue weighted by Gasteiger charge is 2.35. The Bertz CT molecular complexity index is 268. The third-order valence-electron chi connectivity index (χ3n) is 4.25. The van der Waals surface area contributed by atoms with E-state index in [2.05, 4.69) is 24.9 Å². The predicted molar refractivity (Wildman–Crippen MR) is 62.9 cm³/mol. The second-order valence-corrected chi connectivity index (χ2v) is 5.40. The van der Waals surface area contributed by atoms with E-state index in [-0.39, 0.29) is 5.92 Å². The van der Waals surface area contributed by atoms with Crippen molar-refractivity contribution in [1.29, 1.82) is 5.26 Å². The van der Waals surface area contributed by atoms with Gasteiger partial charge in [-0.2, -0.15) is 5.26 Å². The third kappa shape index (κ3) is 2.39. The summed E-state index contributed by atoms with van der Waals surface area (Å²) in [5.74, 6) is 0.987. The molecular formula is C13H22N2O. The van der Waals surface area contributed by atoms with E-state index in [0.717, 1.165) is 32.0 Å². The highest BCUT2D eigenvalue weighted by atomic mass is 16.5. The molecule has 0 amide bonds. The molecule has 0 aromatic carbocycles. The van der Waals surface area contributed by atoms with Crippen LogP contribution in [0.4, 0.5) is 0 Å². The monoisotopic (exact) mass is 222 g/mol. The smallest absolute Gasteiger partial charge is 0.0672 e. The Hall–Kier alpha value is -0.590. The van der Waals surface area contributed by atoms with Crippen molar-refractivity contribution in [2.45, 2.75) is 44.7 Å². The van der Waals surface area contributed by atoms with Crippen LogP contribution < -0.4 is 0 Å². The van der Waals surface area contributed by atoms with E-state index in [1.807, 2.05) is 0 Å². The fourth-order valence-corrected chi connectivity index (χ4v) is 3.07. The van der Waals surface area contributed by atoms with Crippen LogP contribution in [-0.2, 0) is 4.74 Å². The molecule has 0 aromatic rings. The molecule has 3 nitrogen and oxygen atoms in total. The summed E-state index contributed by atoms with van der Waals surface area (Å²) in [4.78, 5) is 2.41. The fraction of sp³-hybridized carbons (Fsp3) is 0.923. The van der Waals surface area contributed by atoms with E-state index in [1.54, 1.807) is 0 Å². The molecule has 1 heterocycles. The maximum atomic E-state index is 9.23. The van der Waals surface area contributed by atoms with Gasteiger partial charge in [0.1, 0.15) is 0 Å². The Kier molecular flexibility index (Phi) is 3.83. The second-order valence-electron chi connectivity index (χ2n) is 5.40. The lowest BCUT2D eigenvalue weighted by molar-refractivity contribution is 0.0798. The Labute approximate surface area is 98.4 Å². The van der Waals surface area contributed by atoms with E-state index in [1.165, 1.54) is 12.8 Å². The van der Waals surface area contributed by atoms with Crippen LogP contribution in [0.25, 0.3) is 0 Å². The SMILES string of the molecule is CC1CCC(C#N)C(N(C)C2CCOC2)C1. The van der Waals surface area contributed by atoms with Gasteiger partial charge in [-0.3, -0.25) is 4.90 Å². The zero-order valence-electron chi connectivity index (χ0n) is 10.4. The number of ether oxygens (including phenoxy) is 1. The molecule has 16 heavy (non-hydrogen) atoms. The topological polar surface area (TPSA) is 36.3 Å². The molecule has 0 bridgehead atoms. The van der Waals surface area contributed by atoms with Crippen molar-refractivity contribution in [3.8, 4) is 6.07 Å². The molecule has 2 rings (SSSR count). The minimum atomic E-state index is 0.224. The van der Waals surface area contributed by atoms with Crippen LogP contribution in [0.1, 0.15) is 32.6 Å². The van der Waals surface area contributed by atoms with Crippen LogP contribution >= 0.6 is 0 Å². The van der Waals surface area contributed by atoms with Gasteiger partial charge in [0, 0.05) is 18.7 Å². The zero-order valence-corrected chi connectivity index (χ0v) is 10.4. The summed E-state index contributed by atoms with van der Waals surface area (Å²) >= 11 is 0. The highest BCUT2D eigenvalue weighted by Crippen LogP contribution is 2.33. The molecule has 0 N–H and O–H groups in total. The maximum absolute atomic E-state index is 9.23. The first-order chi connectivity index (χ1) is 7.72. The van der Waals surface area contributed by atoms with Gasteiger partial charge in [-0.05, 0) is 38.6 Å². The summed E-state index contributed by atoms with van der Waals surface area (Å²) < 4.78 is 5.44. The minimum absolute atomic E-state index is 0.224. The van der Waals surface area contributed by atoms with Crippen LogP contribution in [-0.4, -0.2) is 37.2 Å². The van der Waals surface area contributed by atoms with Crippen LogP contribution in [0, 0.1) is 23.2 Å². The van der Waals surface area contributed by atoms with Gasteiger partial charge in [0.25, 0.3) is 0 Å². The standard InChI is InChI=1S/C13H22N2O/c1-10-3-4-11(8-14)13(7-10)15(2)12-5-6-16-9-12/h10-13H,3-7,9H2,1-2H3. The van der Waals surface area contributed by atoms with Crippen molar-refractivity contribution in [2.24, 2.45) is 11.8 Å². The quantitative estimate of drug-likeness (QED) is 0.717. The number of rotatable bonds is 2. The third-order valence-corrected chi connectivity index (χ3v) is 4.25. The number of nitrogens with zero attached hydrogens (tertiary/aromatic N) is 2. The summed E-state index contributed by atoms with van der Waals surface area (Å²) in [6.07, 6.45) is 4.58. The van der Waals surface area contributed by atoms with Gasteiger partial charge in [-0.25, -0.2) is 0 Å². The van der Waals surface area contributed by atoms with Crippen molar-refractivity contribution in [1.82, 2.24) is 4.90 Å². The molecule has 4 unspecified atom stereocenters. The summed E-state index contributed by atoms with van der Waals surface area (Å²) in [6, 6.07) is 3.47. The van der Waals surface area contributed by atoms with Gasteiger partial charge < -0.3 is 4.74 Å². The van der Waals surface area contributed by atoms with Crippen molar-refractivity contribution in [2.75, 3.05) is 20.3 Å². The fourth-order valence-electron chi connectivity index (χ4n) is 3.07. The Balaban J connectivity index is 2.01. The predicted octanol–water partition coefficient (Wildman–Crippen LogP) is 2.04. The largest absolute Gasteiger partial charge is 0.380 e. The molecule has 2 aliphatic rings. The first kappa shape index (κ1) is 11.9. The zero-order chi connectivity index (χ0) is 11.5. The molecule has 1 aliphatic carbocycles. The highest BCUT2D eigenvalue weighted by molar-refractivity contribution is 4.98. The molecule has 1 saturated carbocycles. The summed E-state index contributed by atoms with van der Waals surface area (Å²) in [6.45, 7) is 4.04. The number of hydrogen-bond acceptors (Lipinski definition) is 3. The summed E-state index contributed by atoms with van der Waals surface area (Å²) in [5.41, 5.74) is 0. The van der Waals surface area contributed by atoms with Gasteiger partial charge in [-0.15, -0.1) is 0 Å². The summed E-state index contributed by atoms with van der Waals surface area (Å²) in [7, 11) is 2.17. The van der Waals surface area contributed by atoms with E-state index in [9.17, 15) is 5.26 Å². The number of hydrogen-bond donors (Lipinski definition) is 0. The minimum Gasteiger partial charge on any atom is -0.380 e.